The highest BCUT2D eigenvalue weighted by molar-refractivity contribution is 5.92. The van der Waals surface area contributed by atoms with Crippen LogP contribution in [0.4, 0.5) is 0 Å². The third kappa shape index (κ3) is 0.939. The van der Waals surface area contributed by atoms with E-state index in [4.69, 9.17) is 4.42 Å². The van der Waals surface area contributed by atoms with Crippen molar-refractivity contribution in [1.29, 1.82) is 0 Å². The Kier molecular flexibility index (Phi) is 1.41. The Morgan fingerprint density at radius 1 is 1.21 bits per heavy atom. The van der Waals surface area contributed by atoms with Crippen LogP contribution in [0.1, 0.15) is 0 Å². The molecule has 0 saturated carbocycles. The maximum atomic E-state index is 5.35. The monoisotopic (exact) mass is 185 g/mol. The van der Waals surface area contributed by atoms with Crippen molar-refractivity contribution < 1.29 is 8.94 Å². The van der Waals surface area contributed by atoms with Crippen LogP contribution in [-0.4, -0.2) is 10.1 Å². The lowest BCUT2D eigenvalue weighted by atomic mass is 10.2. The van der Waals surface area contributed by atoms with E-state index in [1.165, 1.54) is 0 Å². The van der Waals surface area contributed by atoms with Gasteiger partial charge in [-0.25, -0.2) is 0 Å². The van der Waals surface area contributed by atoms with E-state index < -0.39 is 0 Å². The standard InChI is InChI=1S/C10H5N2O2/c1-2-4-8-7(3-1)5-13-9(8)10-11-6-14-12-10/h1-5H. The zero-order chi connectivity index (χ0) is 9.38. The van der Waals surface area contributed by atoms with Crippen LogP contribution >= 0.6 is 0 Å². The molecule has 0 bridgehead atoms. The molecule has 0 N–H and O–H groups in total. The van der Waals surface area contributed by atoms with Gasteiger partial charge in [0, 0.05) is 10.8 Å². The molecule has 1 aromatic carbocycles. The number of furan rings is 1. The molecule has 4 nitrogen and oxygen atoms in total. The van der Waals surface area contributed by atoms with Gasteiger partial charge in [-0.05, 0) is 0 Å². The quantitative estimate of drug-likeness (QED) is 0.583. The number of hydrogen-bond acceptors (Lipinski definition) is 4. The Morgan fingerprint density at radius 3 is 3.00 bits per heavy atom. The summed E-state index contributed by atoms with van der Waals surface area (Å²) in [5, 5.41) is 5.67. The highest BCUT2D eigenvalue weighted by Gasteiger charge is 2.11. The molecule has 4 heteroatoms. The second-order valence-electron chi connectivity index (χ2n) is 2.86. The molecule has 14 heavy (non-hydrogen) atoms. The van der Waals surface area contributed by atoms with E-state index in [1.54, 1.807) is 6.26 Å². The summed E-state index contributed by atoms with van der Waals surface area (Å²) in [6, 6.07) is 7.80. The van der Waals surface area contributed by atoms with E-state index in [2.05, 4.69) is 21.1 Å². The predicted molar refractivity (Wildman–Crippen MR) is 48.3 cm³/mol. The van der Waals surface area contributed by atoms with E-state index in [9.17, 15) is 0 Å². The molecule has 0 atom stereocenters. The molecule has 67 valence electrons. The van der Waals surface area contributed by atoms with Gasteiger partial charge in [0.2, 0.25) is 5.82 Å². The number of benzene rings is 1. The fourth-order valence-electron chi connectivity index (χ4n) is 1.41. The Bertz CT molecular complexity index is 554. The first-order valence-corrected chi connectivity index (χ1v) is 4.11. The fourth-order valence-corrected chi connectivity index (χ4v) is 1.41. The smallest absolute Gasteiger partial charge is 0.316 e. The third-order valence-corrected chi connectivity index (χ3v) is 2.04. The summed E-state index contributed by atoms with van der Waals surface area (Å²) >= 11 is 0. The molecule has 3 rings (SSSR count). The van der Waals surface area contributed by atoms with Crippen molar-refractivity contribution in [3.8, 4) is 11.6 Å². The van der Waals surface area contributed by atoms with Gasteiger partial charge in [-0.3, -0.25) is 0 Å². The lowest BCUT2D eigenvalue weighted by molar-refractivity contribution is 0.409. The molecule has 0 aliphatic rings. The second-order valence-corrected chi connectivity index (χ2v) is 2.86. The van der Waals surface area contributed by atoms with Gasteiger partial charge < -0.3 is 8.94 Å². The normalized spacial score (nSPS) is 10.9. The summed E-state index contributed by atoms with van der Waals surface area (Å²) in [6.45, 7) is 0. The number of rotatable bonds is 1. The summed E-state index contributed by atoms with van der Waals surface area (Å²) in [4.78, 5) is 3.81. The van der Waals surface area contributed by atoms with Crippen molar-refractivity contribution in [2.24, 2.45) is 0 Å². The van der Waals surface area contributed by atoms with Crippen LogP contribution in [0.15, 0.2) is 39.5 Å². The summed E-state index contributed by atoms with van der Waals surface area (Å²) < 4.78 is 9.90. The maximum absolute atomic E-state index is 5.35. The van der Waals surface area contributed by atoms with Gasteiger partial charge in [-0.15, -0.1) is 0 Å². The molecule has 0 unspecified atom stereocenters. The van der Waals surface area contributed by atoms with Crippen molar-refractivity contribution in [1.82, 2.24) is 10.1 Å². The van der Waals surface area contributed by atoms with Crippen LogP contribution in [0.25, 0.3) is 22.4 Å². The van der Waals surface area contributed by atoms with Crippen molar-refractivity contribution in [2.75, 3.05) is 0 Å². The minimum absolute atomic E-state index is 0.422. The van der Waals surface area contributed by atoms with Gasteiger partial charge in [-0.2, -0.15) is 4.98 Å². The number of aromatic nitrogens is 2. The van der Waals surface area contributed by atoms with E-state index in [-0.39, 0.29) is 0 Å². The minimum Gasteiger partial charge on any atom is -0.460 e. The van der Waals surface area contributed by atoms with Crippen molar-refractivity contribution >= 4 is 10.8 Å². The summed E-state index contributed by atoms with van der Waals surface area (Å²) in [6.07, 6.45) is 3.95. The first-order valence-electron chi connectivity index (χ1n) is 4.11. The van der Waals surface area contributed by atoms with E-state index in [0.717, 1.165) is 10.8 Å². The molecule has 0 aliphatic heterocycles. The number of hydrogen-bond donors (Lipinski definition) is 0. The summed E-state index contributed by atoms with van der Waals surface area (Å²) in [7, 11) is 0. The van der Waals surface area contributed by atoms with Crippen molar-refractivity contribution in [2.45, 2.75) is 0 Å². The van der Waals surface area contributed by atoms with E-state index in [0.29, 0.717) is 11.6 Å². The molecule has 0 saturated heterocycles. The van der Waals surface area contributed by atoms with Crippen LogP contribution in [0.5, 0.6) is 0 Å². The number of fused-ring (bicyclic) bond motifs is 1. The molecule has 0 aliphatic carbocycles. The van der Waals surface area contributed by atoms with Gasteiger partial charge in [0.05, 0.1) is 6.26 Å². The molecule has 0 amide bonds. The Hall–Kier alpha value is -2.10. The summed E-state index contributed by atoms with van der Waals surface area (Å²) in [5.74, 6) is 1.04. The highest BCUT2D eigenvalue weighted by Crippen LogP contribution is 2.27. The Balaban J connectivity index is 2.33. The van der Waals surface area contributed by atoms with Gasteiger partial charge in [0.25, 0.3) is 0 Å². The van der Waals surface area contributed by atoms with Crippen molar-refractivity contribution in [3.05, 3.63) is 36.9 Å². The lowest BCUT2D eigenvalue weighted by Gasteiger charge is -1.88. The van der Waals surface area contributed by atoms with Gasteiger partial charge in [-0.1, -0.05) is 29.4 Å². The number of nitrogens with zero attached hydrogens (tertiary/aromatic N) is 2. The first kappa shape index (κ1) is 7.32. The van der Waals surface area contributed by atoms with Gasteiger partial charge >= 0.3 is 6.39 Å². The molecule has 2 aromatic heterocycles. The molecular formula is C10H5N2O2. The van der Waals surface area contributed by atoms with Crippen LogP contribution in [0.3, 0.4) is 0 Å². The topological polar surface area (TPSA) is 52.1 Å². The molecule has 0 fully saturated rings. The summed E-state index contributed by atoms with van der Waals surface area (Å²) in [5.41, 5.74) is 0. The van der Waals surface area contributed by atoms with Crippen LogP contribution in [0.2, 0.25) is 0 Å². The predicted octanol–water partition coefficient (Wildman–Crippen LogP) is 2.28. The largest absolute Gasteiger partial charge is 0.460 e. The van der Waals surface area contributed by atoms with E-state index in [1.807, 2.05) is 24.3 Å². The first-order chi connectivity index (χ1) is 6.95. The third-order valence-electron chi connectivity index (χ3n) is 2.04. The molecular weight excluding hydrogens is 180 g/mol. The van der Waals surface area contributed by atoms with Crippen molar-refractivity contribution in [3.63, 3.8) is 0 Å². The van der Waals surface area contributed by atoms with Crippen LogP contribution < -0.4 is 0 Å². The average Bonchev–Trinajstić information content (AvgIpc) is 2.85. The maximum Gasteiger partial charge on any atom is 0.316 e. The van der Waals surface area contributed by atoms with Crippen LogP contribution in [0, 0.1) is 6.39 Å². The zero-order valence-corrected chi connectivity index (χ0v) is 7.10. The molecule has 1 radical (unpaired) electrons. The van der Waals surface area contributed by atoms with Gasteiger partial charge in [0.1, 0.15) is 0 Å². The second kappa shape index (κ2) is 2.70. The lowest BCUT2D eigenvalue weighted by Crippen LogP contribution is -1.76. The molecule has 2 heterocycles. The highest BCUT2D eigenvalue weighted by atomic mass is 16.5. The average molecular weight is 185 g/mol. The van der Waals surface area contributed by atoms with Gasteiger partial charge in [0.15, 0.2) is 5.76 Å². The molecule has 3 aromatic rings. The van der Waals surface area contributed by atoms with E-state index >= 15 is 0 Å². The Morgan fingerprint density at radius 2 is 2.14 bits per heavy atom. The minimum atomic E-state index is 0.422. The fraction of sp³-hybridized carbons (Fsp3) is 0. The SMILES string of the molecule is [c]1nc(-c2occ3ccccc23)no1. The Labute approximate surface area is 79.1 Å². The molecule has 0 spiro atoms. The van der Waals surface area contributed by atoms with Crippen LogP contribution in [-0.2, 0) is 0 Å². The zero-order valence-electron chi connectivity index (χ0n) is 7.10.